The van der Waals surface area contributed by atoms with Crippen LogP contribution < -0.4 is 10.5 Å². The van der Waals surface area contributed by atoms with E-state index in [0.29, 0.717) is 6.54 Å². The van der Waals surface area contributed by atoms with Crippen molar-refractivity contribution in [1.82, 2.24) is 0 Å². The second-order valence-electron chi connectivity index (χ2n) is 3.16. The maximum absolute atomic E-state index is 5.52. The van der Waals surface area contributed by atoms with Crippen LogP contribution in [0, 0.1) is 0 Å². The molecule has 15 heavy (non-hydrogen) atoms. The summed E-state index contributed by atoms with van der Waals surface area (Å²) in [6, 6.07) is 8.34. The van der Waals surface area contributed by atoms with Gasteiger partial charge in [0.25, 0.3) is 0 Å². The zero-order valence-electron chi connectivity index (χ0n) is 8.53. The Bertz CT molecular complexity index is 441. The zero-order chi connectivity index (χ0) is 9.97. The highest BCUT2D eigenvalue weighted by Crippen LogP contribution is 2.28. The number of thiophene rings is 1. The van der Waals surface area contributed by atoms with E-state index in [0.717, 1.165) is 12.2 Å². The molecule has 0 saturated heterocycles. The first-order valence-corrected chi connectivity index (χ1v) is 5.41. The van der Waals surface area contributed by atoms with Crippen molar-refractivity contribution in [3.63, 3.8) is 0 Å². The van der Waals surface area contributed by atoms with Gasteiger partial charge in [-0.25, -0.2) is 0 Å². The van der Waals surface area contributed by atoms with Gasteiger partial charge >= 0.3 is 0 Å². The molecule has 0 bridgehead atoms. The van der Waals surface area contributed by atoms with E-state index in [2.05, 4.69) is 18.2 Å². The van der Waals surface area contributed by atoms with Crippen molar-refractivity contribution in [2.75, 3.05) is 13.7 Å². The van der Waals surface area contributed by atoms with Crippen LogP contribution >= 0.6 is 23.7 Å². The van der Waals surface area contributed by atoms with Crippen molar-refractivity contribution in [2.24, 2.45) is 5.73 Å². The first-order chi connectivity index (χ1) is 6.83. The Hall–Kier alpha value is -0.770. The molecule has 0 radical (unpaired) electrons. The van der Waals surface area contributed by atoms with Gasteiger partial charge in [-0.2, -0.15) is 0 Å². The smallest absolute Gasteiger partial charge is 0.119 e. The number of hydrogen-bond acceptors (Lipinski definition) is 3. The third-order valence-corrected chi connectivity index (χ3v) is 3.34. The Kier molecular flexibility index (Phi) is 4.39. The van der Waals surface area contributed by atoms with E-state index in [1.54, 1.807) is 18.4 Å². The summed E-state index contributed by atoms with van der Waals surface area (Å²) in [5.41, 5.74) is 5.52. The summed E-state index contributed by atoms with van der Waals surface area (Å²) in [4.78, 5) is 1.34. The standard InChI is InChI=1S/C11H13NOS.ClH/c1-13-9-2-3-11-8(6-9)7-10(14-11)4-5-12;/h2-3,6-7H,4-5,12H2,1H3;1H. The summed E-state index contributed by atoms with van der Waals surface area (Å²) in [6.45, 7) is 0.712. The second kappa shape index (κ2) is 5.35. The Morgan fingerprint density at radius 3 is 2.80 bits per heavy atom. The highest BCUT2D eigenvalue weighted by molar-refractivity contribution is 7.19. The van der Waals surface area contributed by atoms with Crippen LogP contribution in [0.3, 0.4) is 0 Å². The average molecular weight is 244 g/mol. The summed E-state index contributed by atoms with van der Waals surface area (Å²) >= 11 is 1.81. The van der Waals surface area contributed by atoms with E-state index in [1.807, 2.05) is 6.07 Å². The van der Waals surface area contributed by atoms with Crippen molar-refractivity contribution in [3.8, 4) is 5.75 Å². The van der Waals surface area contributed by atoms with Crippen LogP contribution in [0.25, 0.3) is 10.1 Å². The Morgan fingerprint density at radius 2 is 2.13 bits per heavy atom. The fraction of sp³-hybridized carbons (Fsp3) is 0.273. The van der Waals surface area contributed by atoms with Crippen LogP contribution in [0.15, 0.2) is 24.3 Å². The monoisotopic (exact) mass is 243 g/mol. The van der Waals surface area contributed by atoms with Crippen molar-refractivity contribution >= 4 is 33.8 Å². The zero-order valence-corrected chi connectivity index (χ0v) is 10.2. The van der Waals surface area contributed by atoms with Crippen molar-refractivity contribution < 1.29 is 4.74 Å². The fourth-order valence-corrected chi connectivity index (χ4v) is 2.53. The normalized spacial score (nSPS) is 10.0. The van der Waals surface area contributed by atoms with Gasteiger partial charge in [0.05, 0.1) is 7.11 Å². The molecule has 0 aliphatic carbocycles. The van der Waals surface area contributed by atoms with Crippen LogP contribution in [-0.4, -0.2) is 13.7 Å². The van der Waals surface area contributed by atoms with Crippen LogP contribution in [0.2, 0.25) is 0 Å². The van der Waals surface area contributed by atoms with E-state index in [9.17, 15) is 0 Å². The van der Waals surface area contributed by atoms with Crippen LogP contribution in [-0.2, 0) is 6.42 Å². The summed E-state index contributed by atoms with van der Waals surface area (Å²) < 4.78 is 6.47. The van der Waals surface area contributed by atoms with Gasteiger partial charge in [-0.05, 0) is 42.6 Å². The SMILES string of the molecule is COc1ccc2sc(CCN)cc2c1.Cl. The molecule has 2 aromatic rings. The van der Waals surface area contributed by atoms with Gasteiger partial charge in [-0.3, -0.25) is 0 Å². The van der Waals surface area contributed by atoms with Gasteiger partial charge in [0.1, 0.15) is 5.75 Å². The van der Waals surface area contributed by atoms with Gasteiger partial charge in [-0.1, -0.05) is 0 Å². The molecule has 0 spiro atoms. The van der Waals surface area contributed by atoms with E-state index < -0.39 is 0 Å². The Balaban J connectivity index is 0.00000112. The Morgan fingerprint density at radius 1 is 1.33 bits per heavy atom. The molecule has 1 aromatic carbocycles. The predicted molar refractivity (Wildman–Crippen MR) is 68.4 cm³/mol. The molecule has 2 rings (SSSR count). The van der Waals surface area contributed by atoms with E-state index in [4.69, 9.17) is 10.5 Å². The third kappa shape index (κ3) is 2.62. The van der Waals surface area contributed by atoms with Gasteiger partial charge in [0.2, 0.25) is 0 Å². The molecule has 82 valence electrons. The molecule has 1 heterocycles. The number of halogens is 1. The molecular weight excluding hydrogens is 230 g/mol. The molecular formula is C11H14ClNOS. The minimum absolute atomic E-state index is 0. The first-order valence-electron chi connectivity index (χ1n) is 4.60. The fourth-order valence-electron chi connectivity index (χ4n) is 1.47. The average Bonchev–Trinajstić information content (AvgIpc) is 2.59. The second-order valence-corrected chi connectivity index (χ2v) is 4.32. The Labute approximate surface area is 99.5 Å². The van der Waals surface area contributed by atoms with Crippen LogP contribution in [0.1, 0.15) is 4.88 Å². The molecule has 0 fully saturated rings. The van der Waals surface area contributed by atoms with Gasteiger partial charge in [-0.15, -0.1) is 23.7 Å². The number of rotatable bonds is 3. The van der Waals surface area contributed by atoms with Gasteiger partial charge < -0.3 is 10.5 Å². The number of ether oxygens (including phenoxy) is 1. The number of nitrogens with two attached hydrogens (primary N) is 1. The van der Waals surface area contributed by atoms with Crippen LogP contribution in [0.5, 0.6) is 5.75 Å². The molecule has 2 nitrogen and oxygen atoms in total. The number of benzene rings is 1. The summed E-state index contributed by atoms with van der Waals surface area (Å²) in [5, 5.41) is 1.25. The maximum atomic E-state index is 5.52. The van der Waals surface area contributed by atoms with E-state index >= 15 is 0 Å². The van der Waals surface area contributed by atoms with Gasteiger partial charge in [0.15, 0.2) is 0 Å². The topological polar surface area (TPSA) is 35.2 Å². The van der Waals surface area contributed by atoms with E-state index in [1.165, 1.54) is 15.0 Å². The van der Waals surface area contributed by atoms with Crippen molar-refractivity contribution in [2.45, 2.75) is 6.42 Å². The third-order valence-electron chi connectivity index (χ3n) is 2.17. The summed E-state index contributed by atoms with van der Waals surface area (Å²) in [6.07, 6.45) is 0.960. The molecule has 1 aromatic heterocycles. The van der Waals surface area contributed by atoms with Crippen molar-refractivity contribution in [1.29, 1.82) is 0 Å². The molecule has 4 heteroatoms. The molecule has 0 aliphatic heterocycles. The lowest BCUT2D eigenvalue weighted by Crippen LogP contribution is -2.00. The molecule has 0 saturated carbocycles. The quantitative estimate of drug-likeness (QED) is 0.900. The van der Waals surface area contributed by atoms with E-state index in [-0.39, 0.29) is 12.4 Å². The lowest BCUT2D eigenvalue weighted by molar-refractivity contribution is 0.415. The minimum Gasteiger partial charge on any atom is -0.497 e. The first kappa shape index (κ1) is 12.3. The van der Waals surface area contributed by atoms with Crippen molar-refractivity contribution in [3.05, 3.63) is 29.1 Å². The van der Waals surface area contributed by atoms with Gasteiger partial charge in [0, 0.05) is 9.58 Å². The predicted octanol–water partition coefficient (Wildman–Crippen LogP) is 2.83. The molecule has 0 atom stereocenters. The highest BCUT2D eigenvalue weighted by atomic mass is 35.5. The number of fused-ring (bicyclic) bond motifs is 1. The molecule has 0 aliphatic rings. The summed E-state index contributed by atoms with van der Waals surface area (Å²) in [5.74, 6) is 0.912. The maximum Gasteiger partial charge on any atom is 0.119 e. The largest absolute Gasteiger partial charge is 0.497 e. The number of hydrogen-bond donors (Lipinski definition) is 1. The highest BCUT2D eigenvalue weighted by Gasteiger charge is 2.02. The summed E-state index contributed by atoms with van der Waals surface area (Å²) in [7, 11) is 1.69. The molecule has 2 N–H and O–H groups in total. The van der Waals surface area contributed by atoms with Crippen LogP contribution in [0.4, 0.5) is 0 Å². The molecule has 0 unspecified atom stereocenters. The number of methoxy groups -OCH3 is 1. The lowest BCUT2D eigenvalue weighted by Gasteiger charge is -1.97. The molecule has 0 amide bonds. The lowest BCUT2D eigenvalue weighted by atomic mass is 10.2. The minimum atomic E-state index is 0.